The van der Waals surface area contributed by atoms with E-state index in [2.05, 4.69) is 35.5 Å². The molecule has 0 bridgehead atoms. The van der Waals surface area contributed by atoms with Crippen LogP contribution in [0.4, 0.5) is 11.6 Å². The largest absolute Gasteiger partial charge is 0.354 e. The number of rotatable bonds is 5. The smallest absolute Gasteiger partial charge is 0.230 e. The SMILES string of the molecule is O=C(Nc1cc(-n2cccn2)ncn1)C1CCCN(c2ccc(-c3cccs3)nn2)C1. The van der Waals surface area contributed by atoms with Gasteiger partial charge in [0.15, 0.2) is 11.6 Å². The van der Waals surface area contributed by atoms with Gasteiger partial charge in [0.05, 0.1) is 10.8 Å². The Balaban J connectivity index is 1.25. The first-order valence-electron chi connectivity index (χ1n) is 10.0. The fraction of sp³-hybridized carbons (Fsp3) is 0.238. The Morgan fingerprint density at radius 1 is 1.13 bits per heavy atom. The molecule has 1 unspecified atom stereocenters. The van der Waals surface area contributed by atoms with Crippen molar-refractivity contribution in [2.24, 2.45) is 5.92 Å². The van der Waals surface area contributed by atoms with E-state index in [1.165, 1.54) is 6.33 Å². The van der Waals surface area contributed by atoms with Crippen molar-refractivity contribution in [3.8, 4) is 16.4 Å². The molecule has 1 atom stereocenters. The number of carbonyl (C=O) groups excluding carboxylic acids is 1. The second kappa shape index (κ2) is 8.60. The molecule has 0 aromatic carbocycles. The summed E-state index contributed by atoms with van der Waals surface area (Å²) in [7, 11) is 0. The first-order valence-corrected chi connectivity index (χ1v) is 10.9. The third-order valence-electron chi connectivity index (χ3n) is 5.18. The summed E-state index contributed by atoms with van der Waals surface area (Å²) in [5.74, 6) is 1.64. The molecule has 31 heavy (non-hydrogen) atoms. The average Bonchev–Trinajstić information content (AvgIpc) is 3.54. The second-order valence-electron chi connectivity index (χ2n) is 7.24. The zero-order valence-electron chi connectivity index (χ0n) is 16.6. The molecule has 0 spiro atoms. The second-order valence-corrected chi connectivity index (χ2v) is 8.19. The van der Waals surface area contributed by atoms with E-state index in [1.54, 1.807) is 34.5 Å². The molecule has 0 radical (unpaired) electrons. The lowest BCUT2D eigenvalue weighted by atomic mass is 9.97. The average molecular weight is 433 g/mol. The summed E-state index contributed by atoms with van der Waals surface area (Å²) in [6, 6.07) is 11.5. The number of piperidine rings is 1. The number of nitrogens with zero attached hydrogens (tertiary/aromatic N) is 7. The molecule has 4 aromatic heterocycles. The van der Waals surface area contributed by atoms with Crippen molar-refractivity contribution >= 4 is 28.9 Å². The van der Waals surface area contributed by atoms with E-state index < -0.39 is 0 Å². The Labute approximate surface area is 182 Å². The molecule has 4 aromatic rings. The zero-order chi connectivity index (χ0) is 21.0. The van der Waals surface area contributed by atoms with Crippen LogP contribution in [0.15, 0.2) is 60.5 Å². The van der Waals surface area contributed by atoms with Crippen LogP contribution >= 0.6 is 11.3 Å². The van der Waals surface area contributed by atoms with Gasteiger partial charge in [0, 0.05) is 31.5 Å². The summed E-state index contributed by atoms with van der Waals surface area (Å²) >= 11 is 1.64. The van der Waals surface area contributed by atoms with E-state index in [0.29, 0.717) is 18.2 Å². The van der Waals surface area contributed by atoms with Gasteiger partial charge in [-0.3, -0.25) is 4.79 Å². The molecule has 5 rings (SSSR count). The van der Waals surface area contributed by atoms with Gasteiger partial charge in [-0.05, 0) is 42.5 Å². The molecule has 5 heterocycles. The molecule has 1 fully saturated rings. The Morgan fingerprint density at radius 3 is 2.87 bits per heavy atom. The number of anilines is 2. The maximum atomic E-state index is 12.9. The van der Waals surface area contributed by atoms with Crippen molar-refractivity contribution in [1.82, 2.24) is 29.9 Å². The highest BCUT2D eigenvalue weighted by molar-refractivity contribution is 7.13. The van der Waals surface area contributed by atoms with Crippen molar-refractivity contribution < 1.29 is 4.79 Å². The third-order valence-corrected chi connectivity index (χ3v) is 6.08. The lowest BCUT2D eigenvalue weighted by Crippen LogP contribution is -2.41. The summed E-state index contributed by atoms with van der Waals surface area (Å²) < 4.78 is 1.62. The minimum Gasteiger partial charge on any atom is -0.354 e. The van der Waals surface area contributed by atoms with Crippen LogP contribution in [0.25, 0.3) is 16.4 Å². The first-order chi connectivity index (χ1) is 15.3. The number of nitrogens with one attached hydrogen (secondary N) is 1. The number of carbonyl (C=O) groups is 1. The van der Waals surface area contributed by atoms with E-state index in [9.17, 15) is 4.79 Å². The quantitative estimate of drug-likeness (QED) is 0.517. The van der Waals surface area contributed by atoms with Crippen molar-refractivity contribution in [3.05, 3.63) is 60.5 Å². The van der Waals surface area contributed by atoms with E-state index in [0.717, 1.165) is 35.8 Å². The Hall–Kier alpha value is -3.66. The Bertz CT molecular complexity index is 1140. The predicted octanol–water partition coefficient (Wildman–Crippen LogP) is 3.04. The van der Waals surface area contributed by atoms with Crippen molar-refractivity contribution in [2.45, 2.75) is 12.8 Å². The maximum Gasteiger partial charge on any atom is 0.230 e. The predicted molar refractivity (Wildman–Crippen MR) is 118 cm³/mol. The van der Waals surface area contributed by atoms with E-state index >= 15 is 0 Å². The molecule has 156 valence electrons. The number of hydrogen-bond acceptors (Lipinski definition) is 8. The summed E-state index contributed by atoms with van der Waals surface area (Å²) in [6.45, 7) is 1.45. The molecule has 1 saturated heterocycles. The van der Waals surface area contributed by atoms with Gasteiger partial charge >= 0.3 is 0 Å². The van der Waals surface area contributed by atoms with Crippen LogP contribution in [0.2, 0.25) is 0 Å². The number of hydrogen-bond donors (Lipinski definition) is 1. The normalized spacial score (nSPS) is 16.3. The van der Waals surface area contributed by atoms with Crippen LogP contribution in [0.5, 0.6) is 0 Å². The fourth-order valence-corrected chi connectivity index (χ4v) is 4.31. The minimum absolute atomic E-state index is 0.0574. The molecule has 1 N–H and O–H groups in total. The van der Waals surface area contributed by atoms with Crippen LogP contribution in [-0.2, 0) is 4.79 Å². The number of thiophene rings is 1. The molecule has 1 amide bonds. The molecule has 0 saturated carbocycles. The van der Waals surface area contributed by atoms with E-state index in [1.807, 2.05) is 35.7 Å². The summed E-state index contributed by atoms with van der Waals surface area (Å²) in [5, 5.41) is 17.9. The fourth-order valence-electron chi connectivity index (χ4n) is 3.62. The highest BCUT2D eigenvalue weighted by Gasteiger charge is 2.27. The monoisotopic (exact) mass is 432 g/mol. The van der Waals surface area contributed by atoms with Crippen molar-refractivity contribution in [1.29, 1.82) is 0 Å². The molecule has 0 aliphatic carbocycles. The highest BCUT2D eigenvalue weighted by atomic mass is 32.1. The van der Waals surface area contributed by atoms with Gasteiger partial charge < -0.3 is 10.2 Å². The summed E-state index contributed by atoms with van der Waals surface area (Å²) in [5.41, 5.74) is 0.863. The topological polar surface area (TPSA) is 102 Å². The van der Waals surface area contributed by atoms with Crippen molar-refractivity contribution in [3.63, 3.8) is 0 Å². The molecular formula is C21H20N8OS. The van der Waals surface area contributed by atoms with Gasteiger partial charge in [-0.25, -0.2) is 14.6 Å². The maximum absolute atomic E-state index is 12.9. The molecule has 1 aliphatic heterocycles. The summed E-state index contributed by atoms with van der Waals surface area (Å²) in [6.07, 6.45) is 6.62. The van der Waals surface area contributed by atoms with Gasteiger partial charge in [-0.2, -0.15) is 5.10 Å². The minimum atomic E-state index is -0.157. The van der Waals surface area contributed by atoms with Crippen LogP contribution in [-0.4, -0.2) is 48.9 Å². The third kappa shape index (κ3) is 4.29. The Kier molecular flexibility index (Phi) is 5.36. The zero-order valence-corrected chi connectivity index (χ0v) is 17.4. The lowest BCUT2D eigenvalue weighted by Gasteiger charge is -2.32. The van der Waals surface area contributed by atoms with Crippen LogP contribution in [0, 0.1) is 5.92 Å². The van der Waals surface area contributed by atoms with Gasteiger partial charge in [0.25, 0.3) is 0 Å². The van der Waals surface area contributed by atoms with E-state index in [-0.39, 0.29) is 11.8 Å². The van der Waals surface area contributed by atoms with Gasteiger partial charge in [0.2, 0.25) is 5.91 Å². The summed E-state index contributed by atoms with van der Waals surface area (Å²) in [4.78, 5) is 24.5. The Morgan fingerprint density at radius 2 is 2.10 bits per heavy atom. The van der Waals surface area contributed by atoms with E-state index in [4.69, 9.17) is 0 Å². The molecule has 1 aliphatic rings. The lowest BCUT2D eigenvalue weighted by molar-refractivity contribution is -0.120. The van der Waals surface area contributed by atoms with Gasteiger partial charge in [0.1, 0.15) is 17.8 Å². The van der Waals surface area contributed by atoms with Crippen molar-refractivity contribution in [2.75, 3.05) is 23.3 Å². The van der Waals surface area contributed by atoms with Gasteiger partial charge in [-0.1, -0.05) is 6.07 Å². The molecule has 9 nitrogen and oxygen atoms in total. The number of amides is 1. The molecular weight excluding hydrogens is 412 g/mol. The molecule has 10 heteroatoms. The van der Waals surface area contributed by atoms with Crippen LogP contribution in [0.1, 0.15) is 12.8 Å². The first kappa shape index (κ1) is 19.3. The van der Waals surface area contributed by atoms with Gasteiger partial charge in [-0.15, -0.1) is 21.5 Å². The number of aromatic nitrogens is 6. The highest BCUT2D eigenvalue weighted by Crippen LogP contribution is 2.26. The van der Waals surface area contributed by atoms with Crippen LogP contribution < -0.4 is 10.2 Å². The standard InChI is InChI=1S/C21H20N8OS/c30-21(25-18-12-20(23-14-22-18)29-10-3-8-24-29)15-4-1-9-28(13-15)19-7-6-16(26-27-19)17-5-2-11-31-17/h2-3,5-8,10-12,14-15H,1,4,9,13H2,(H,22,23,25,30). The van der Waals surface area contributed by atoms with Crippen LogP contribution in [0.3, 0.4) is 0 Å².